The van der Waals surface area contributed by atoms with E-state index in [-0.39, 0.29) is 12.5 Å². The molecule has 0 aliphatic heterocycles. The Kier molecular flexibility index (Phi) is 8.36. The van der Waals surface area contributed by atoms with Crippen molar-refractivity contribution in [2.75, 3.05) is 6.54 Å². The van der Waals surface area contributed by atoms with E-state index in [0.717, 1.165) is 17.5 Å². The van der Waals surface area contributed by atoms with Gasteiger partial charge in [-0.1, -0.05) is 74.5 Å². The minimum atomic E-state index is -0.678. The molecule has 5 nitrogen and oxygen atoms in total. The van der Waals surface area contributed by atoms with Crippen LogP contribution in [0, 0.1) is 5.92 Å². The standard InChI is InChI=1S/C22H28N2O3/c1-17(2)13-14-23-21(25)20(15-18-9-5-3-6-10-18)24-22(26)27-16-19-11-7-4-8-12-19/h3-12,17,20H,13-16H2,1-2H3,(H,23,25)(H,24,26)/t20-/m1/s1. The maximum Gasteiger partial charge on any atom is 0.408 e. The van der Waals surface area contributed by atoms with E-state index in [1.54, 1.807) is 0 Å². The van der Waals surface area contributed by atoms with Crippen LogP contribution in [-0.4, -0.2) is 24.6 Å². The number of amides is 2. The fraction of sp³-hybridized carbons (Fsp3) is 0.364. The molecule has 0 unspecified atom stereocenters. The van der Waals surface area contributed by atoms with Gasteiger partial charge < -0.3 is 15.4 Å². The zero-order valence-corrected chi connectivity index (χ0v) is 16.0. The van der Waals surface area contributed by atoms with Gasteiger partial charge in [0.25, 0.3) is 0 Å². The Bertz CT molecular complexity index is 702. The smallest absolute Gasteiger partial charge is 0.408 e. The second-order valence-corrected chi connectivity index (χ2v) is 6.92. The molecule has 144 valence electrons. The van der Waals surface area contributed by atoms with E-state index in [1.165, 1.54) is 0 Å². The number of nitrogens with one attached hydrogen (secondary N) is 2. The molecule has 27 heavy (non-hydrogen) atoms. The van der Waals surface area contributed by atoms with Crippen molar-refractivity contribution in [3.8, 4) is 0 Å². The van der Waals surface area contributed by atoms with E-state index in [1.807, 2.05) is 60.7 Å². The highest BCUT2D eigenvalue weighted by Gasteiger charge is 2.21. The third-order valence-electron chi connectivity index (χ3n) is 4.12. The molecular formula is C22H28N2O3. The van der Waals surface area contributed by atoms with Crippen LogP contribution in [0.25, 0.3) is 0 Å². The van der Waals surface area contributed by atoms with Crippen LogP contribution < -0.4 is 10.6 Å². The van der Waals surface area contributed by atoms with Gasteiger partial charge in [0.2, 0.25) is 5.91 Å². The van der Waals surface area contributed by atoms with Crippen molar-refractivity contribution < 1.29 is 14.3 Å². The van der Waals surface area contributed by atoms with Crippen LogP contribution in [0.2, 0.25) is 0 Å². The van der Waals surface area contributed by atoms with E-state index >= 15 is 0 Å². The highest BCUT2D eigenvalue weighted by atomic mass is 16.5. The fourth-order valence-corrected chi connectivity index (χ4v) is 2.57. The lowest BCUT2D eigenvalue weighted by Crippen LogP contribution is -2.48. The normalized spacial score (nSPS) is 11.7. The quantitative estimate of drug-likeness (QED) is 0.709. The van der Waals surface area contributed by atoms with Crippen LogP contribution >= 0.6 is 0 Å². The van der Waals surface area contributed by atoms with Crippen molar-refractivity contribution in [2.45, 2.75) is 39.3 Å². The molecule has 2 N–H and O–H groups in total. The van der Waals surface area contributed by atoms with E-state index in [9.17, 15) is 9.59 Å². The highest BCUT2D eigenvalue weighted by Crippen LogP contribution is 2.06. The van der Waals surface area contributed by atoms with Gasteiger partial charge in [0, 0.05) is 13.0 Å². The van der Waals surface area contributed by atoms with E-state index in [0.29, 0.717) is 18.9 Å². The second-order valence-electron chi connectivity index (χ2n) is 6.92. The van der Waals surface area contributed by atoms with Gasteiger partial charge in [0.05, 0.1) is 0 Å². The van der Waals surface area contributed by atoms with Crippen LogP contribution in [0.1, 0.15) is 31.4 Å². The summed E-state index contributed by atoms with van der Waals surface area (Å²) in [6.45, 7) is 4.96. The van der Waals surface area contributed by atoms with Crippen LogP contribution in [0.3, 0.4) is 0 Å². The molecule has 2 amide bonds. The molecule has 2 rings (SSSR count). The molecule has 0 bridgehead atoms. The molecule has 2 aromatic rings. The number of hydrogen-bond acceptors (Lipinski definition) is 3. The Labute approximate surface area is 161 Å². The number of carbonyl (C=O) groups is 2. The summed E-state index contributed by atoms with van der Waals surface area (Å²) in [5, 5.41) is 5.60. The Balaban J connectivity index is 1.93. The van der Waals surface area contributed by atoms with E-state index in [4.69, 9.17) is 4.74 Å². The molecule has 0 fully saturated rings. The average molecular weight is 368 g/mol. The molecule has 1 atom stereocenters. The molecule has 0 aliphatic carbocycles. The van der Waals surface area contributed by atoms with E-state index < -0.39 is 12.1 Å². The Hall–Kier alpha value is -2.82. The number of ether oxygens (including phenoxy) is 1. The second kappa shape index (κ2) is 11.0. The third-order valence-corrected chi connectivity index (χ3v) is 4.12. The first kappa shape index (κ1) is 20.5. The molecule has 0 spiro atoms. The lowest BCUT2D eigenvalue weighted by atomic mass is 10.1. The first-order valence-corrected chi connectivity index (χ1v) is 9.33. The van der Waals surface area contributed by atoms with Crippen LogP contribution in [0.4, 0.5) is 4.79 Å². The maximum atomic E-state index is 12.6. The van der Waals surface area contributed by atoms with Gasteiger partial charge in [-0.15, -0.1) is 0 Å². The van der Waals surface area contributed by atoms with Gasteiger partial charge in [-0.05, 0) is 23.5 Å². The number of rotatable bonds is 9. The fourth-order valence-electron chi connectivity index (χ4n) is 2.57. The van der Waals surface area contributed by atoms with Crippen molar-refractivity contribution in [2.24, 2.45) is 5.92 Å². The third kappa shape index (κ3) is 7.94. The van der Waals surface area contributed by atoms with Gasteiger partial charge in [-0.25, -0.2) is 4.79 Å². The monoisotopic (exact) mass is 368 g/mol. The summed E-state index contributed by atoms with van der Waals surface area (Å²) in [6, 6.07) is 18.4. The summed E-state index contributed by atoms with van der Waals surface area (Å²) < 4.78 is 5.26. The van der Waals surface area contributed by atoms with Gasteiger partial charge in [0.1, 0.15) is 12.6 Å². The number of hydrogen-bond donors (Lipinski definition) is 2. The minimum Gasteiger partial charge on any atom is -0.445 e. The Morgan fingerprint density at radius 1 is 0.926 bits per heavy atom. The summed E-state index contributed by atoms with van der Waals surface area (Å²) >= 11 is 0. The maximum absolute atomic E-state index is 12.6. The van der Waals surface area contributed by atoms with Crippen molar-refractivity contribution in [1.29, 1.82) is 0 Å². The number of carbonyl (C=O) groups excluding carboxylic acids is 2. The number of alkyl carbamates (subject to hydrolysis) is 1. The molecule has 0 saturated heterocycles. The van der Waals surface area contributed by atoms with Crippen molar-refractivity contribution in [3.05, 3.63) is 71.8 Å². The van der Waals surface area contributed by atoms with Crippen molar-refractivity contribution in [1.82, 2.24) is 10.6 Å². The largest absolute Gasteiger partial charge is 0.445 e. The molecular weight excluding hydrogens is 340 g/mol. The highest BCUT2D eigenvalue weighted by molar-refractivity contribution is 5.85. The van der Waals surface area contributed by atoms with Crippen molar-refractivity contribution in [3.63, 3.8) is 0 Å². The zero-order chi connectivity index (χ0) is 19.5. The lowest BCUT2D eigenvalue weighted by Gasteiger charge is -2.19. The summed E-state index contributed by atoms with van der Waals surface area (Å²) in [5.41, 5.74) is 1.87. The van der Waals surface area contributed by atoms with Crippen molar-refractivity contribution >= 4 is 12.0 Å². The van der Waals surface area contributed by atoms with Crippen LogP contribution in [0.5, 0.6) is 0 Å². The van der Waals surface area contributed by atoms with Gasteiger partial charge >= 0.3 is 6.09 Å². The first-order valence-electron chi connectivity index (χ1n) is 9.33. The van der Waals surface area contributed by atoms with Gasteiger partial charge in [-0.3, -0.25) is 4.79 Å². The average Bonchev–Trinajstić information content (AvgIpc) is 2.67. The molecule has 0 saturated carbocycles. The summed E-state index contributed by atoms with van der Waals surface area (Å²) in [6.07, 6.45) is 0.704. The van der Waals surface area contributed by atoms with Crippen LogP contribution in [-0.2, 0) is 22.6 Å². The predicted molar refractivity (Wildman–Crippen MR) is 106 cm³/mol. The molecule has 0 aromatic heterocycles. The SMILES string of the molecule is CC(C)CCNC(=O)[C@@H](Cc1ccccc1)NC(=O)OCc1ccccc1. The molecule has 0 aliphatic rings. The first-order chi connectivity index (χ1) is 13.0. The minimum absolute atomic E-state index is 0.166. The summed E-state index contributed by atoms with van der Waals surface area (Å²) in [5.74, 6) is 0.304. The molecule has 2 aromatic carbocycles. The topological polar surface area (TPSA) is 67.4 Å². The van der Waals surface area contributed by atoms with Crippen LogP contribution in [0.15, 0.2) is 60.7 Å². The summed E-state index contributed by atoms with van der Waals surface area (Å²) in [4.78, 5) is 24.7. The Morgan fingerprint density at radius 2 is 1.52 bits per heavy atom. The zero-order valence-electron chi connectivity index (χ0n) is 16.0. The lowest BCUT2D eigenvalue weighted by molar-refractivity contribution is -0.123. The molecule has 0 radical (unpaired) electrons. The molecule has 0 heterocycles. The molecule has 5 heteroatoms. The Morgan fingerprint density at radius 3 is 2.11 bits per heavy atom. The van der Waals surface area contributed by atoms with E-state index in [2.05, 4.69) is 24.5 Å². The predicted octanol–water partition coefficient (Wildman–Crippen LogP) is 3.69. The summed E-state index contributed by atoms with van der Waals surface area (Å²) in [7, 11) is 0. The van der Waals surface area contributed by atoms with Gasteiger partial charge in [-0.2, -0.15) is 0 Å². The van der Waals surface area contributed by atoms with Gasteiger partial charge in [0.15, 0.2) is 0 Å². The number of benzene rings is 2.